The minimum Gasteiger partial charge on any atom is -0.493 e. The summed E-state index contributed by atoms with van der Waals surface area (Å²) in [6.45, 7) is 0.561. The Morgan fingerprint density at radius 2 is 2.04 bits per heavy atom. The lowest BCUT2D eigenvalue weighted by molar-refractivity contribution is 0.174. The lowest BCUT2D eigenvalue weighted by atomic mass is 10.2. The summed E-state index contributed by atoms with van der Waals surface area (Å²) in [4.78, 5) is 4.61. The molecule has 130 valence electrons. The van der Waals surface area contributed by atoms with Crippen LogP contribution in [-0.2, 0) is 6.61 Å². The molecule has 0 radical (unpaired) electrons. The molecule has 1 aliphatic heterocycles. The summed E-state index contributed by atoms with van der Waals surface area (Å²) >= 11 is 1.54. The van der Waals surface area contributed by atoms with Crippen LogP contribution < -0.4 is 18.9 Å². The Balaban J connectivity index is 1.48. The van der Waals surface area contributed by atoms with Crippen LogP contribution in [-0.4, -0.2) is 18.9 Å². The molecule has 7 heteroatoms. The molecule has 0 saturated heterocycles. The van der Waals surface area contributed by atoms with Gasteiger partial charge in [0.15, 0.2) is 23.0 Å². The van der Waals surface area contributed by atoms with E-state index in [0.717, 1.165) is 27.8 Å². The maximum Gasteiger partial charge on any atom is 0.231 e. The molecule has 0 saturated carbocycles. The van der Waals surface area contributed by atoms with Gasteiger partial charge in [0.25, 0.3) is 0 Å². The van der Waals surface area contributed by atoms with Crippen molar-refractivity contribution in [1.29, 1.82) is 5.26 Å². The highest BCUT2D eigenvalue weighted by Gasteiger charge is 2.15. The first-order valence-corrected chi connectivity index (χ1v) is 8.70. The van der Waals surface area contributed by atoms with Gasteiger partial charge in [-0.1, -0.05) is 0 Å². The molecular formula is C19H14N2O4S. The molecule has 0 unspecified atom stereocenters. The lowest BCUT2D eigenvalue weighted by Crippen LogP contribution is -1.98. The Bertz CT molecular complexity index is 993. The van der Waals surface area contributed by atoms with Crippen LogP contribution in [0.15, 0.2) is 41.8 Å². The van der Waals surface area contributed by atoms with Gasteiger partial charge in [0.2, 0.25) is 6.79 Å². The average molecular weight is 366 g/mol. The fourth-order valence-electron chi connectivity index (χ4n) is 2.54. The van der Waals surface area contributed by atoms with Gasteiger partial charge in [-0.15, -0.1) is 11.3 Å². The zero-order valence-electron chi connectivity index (χ0n) is 13.9. The predicted molar refractivity (Wildman–Crippen MR) is 95.7 cm³/mol. The lowest BCUT2D eigenvalue weighted by Gasteiger charge is -2.09. The van der Waals surface area contributed by atoms with E-state index >= 15 is 0 Å². The molecule has 0 amide bonds. The fourth-order valence-corrected chi connectivity index (χ4v) is 3.34. The number of nitriles is 1. The minimum atomic E-state index is 0.252. The van der Waals surface area contributed by atoms with Gasteiger partial charge in [0.1, 0.15) is 11.6 Å². The van der Waals surface area contributed by atoms with E-state index in [1.807, 2.05) is 23.6 Å². The highest BCUT2D eigenvalue weighted by molar-refractivity contribution is 7.13. The average Bonchev–Trinajstić information content (AvgIpc) is 3.34. The van der Waals surface area contributed by atoms with Crippen molar-refractivity contribution in [2.24, 2.45) is 0 Å². The smallest absolute Gasteiger partial charge is 0.231 e. The molecule has 4 rings (SSSR count). The van der Waals surface area contributed by atoms with Crippen molar-refractivity contribution in [1.82, 2.24) is 4.98 Å². The molecular weight excluding hydrogens is 352 g/mol. The largest absolute Gasteiger partial charge is 0.493 e. The number of thiazole rings is 1. The van der Waals surface area contributed by atoms with E-state index in [0.29, 0.717) is 23.7 Å². The Morgan fingerprint density at radius 3 is 2.88 bits per heavy atom. The Kier molecular flexibility index (Phi) is 4.33. The summed E-state index contributed by atoms with van der Waals surface area (Å²) in [6.07, 6.45) is 0. The third-order valence-corrected chi connectivity index (χ3v) is 4.78. The van der Waals surface area contributed by atoms with E-state index in [1.54, 1.807) is 25.3 Å². The summed E-state index contributed by atoms with van der Waals surface area (Å²) in [5, 5.41) is 11.8. The zero-order valence-corrected chi connectivity index (χ0v) is 14.7. The number of aromatic nitrogens is 1. The van der Waals surface area contributed by atoms with Crippen molar-refractivity contribution in [2.75, 3.05) is 13.9 Å². The van der Waals surface area contributed by atoms with Gasteiger partial charge < -0.3 is 18.9 Å². The number of ether oxygens (including phenoxy) is 4. The van der Waals surface area contributed by atoms with Crippen LogP contribution in [0.25, 0.3) is 10.6 Å². The van der Waals surface area contributed by atoms with Gasteiger partial charge in [-0.05, 0) is 30.3 Å². The molecule has 0 bridgehead atoms. The van der Waals surface area contributed by atoms with Crippen molar-refractivity contribution in [2.45, 2.75) is 6.61 Å². The van der Waals surface area contributed by atoms with Gasteiger partial charge in [0.05, 0.1) is 24.4 Å². The van der Waals surface area contributed by atoms with E-state index in [2.05, 4.69) is 11.1 Å². The van der Waals surface area contributed by atoms with Gasteiger partial charge >= 0.3 is 0 Å². The van der Waals surface area contributed by atoms with Crippen molar-refractivity contribution in [3.05, 3.63) is 53.0 Å². The maximum absolute atomic E-state index is 8.95. The van der Waals surface area contributed by atoms with Crippen molar-refractivity contribution in [3.8, 4) is 39.6 Å². The normalized spacial score (nSPS) is 11.8. The minimum absolute atomic E-state index is 0.252. The number of methoxy groups -OCH3 is 1. The van der Waals surface area contributed by atoms with Crippen LogP contribution in [0.4, 0.5) is 0 Å². The molecule has 1 aliphatic rings. The number of benzene rings is 2. The molecule has 26 heavy (non-hydrogen) atoms. The van der Waals surface area contributed by atoms with Crippen LogP contribution in [0.3, 0.4) is 0 Å². The first-order valence-electron chi connectivity index (χ1n) is 7.82. The third-order valence-electron chi connectivity index (χ3n) is 3.84. The first kappa shape index (κ1) is 16.2. The molecule has 2 heterocycles. The molecule has 6 nitrogen and oxygen atoms in total. The molecule has 0 fully saturated rings. The topological polar surface area (TPSA) is 73.6 Å². The van der Waals surface area contributed by atoms with Crippen LogP contribution in [0.1, 0.15) is 11.3 Å². The van der Waals surface area contributed by atoms with Crippen LogP contribution in [0.2, 0.25) is 0 Å². The van der Waals surface area contributed by atoms with Gasteiger partial charge in [-0.2, -0.15) is 5.26 Å². The van der Waals surface area contributed by atoms with Crippen molar-refractivity contribution in [3.63, 3.8) is 0 Å². The standard InChI is InChI=1S/C19H14N2O4S/c1-22-17-6-12(8-20)2-4-15(17)23-9-14-10-26-19(21-14)13-3-5-16-18(7-13)25-11-24-16/h2-7,10H,9,11H2,1H3. The van der Waals surface area contributed by atoms with Gasteiger partial charge in [0, 0.05) is 17.0 Å². The maximum atomic E-state index is 8.95. The van der Waals surface area contributed by atoms with E-state index in [9.17, 15) is 0 Å². The fraction of sp³-hybridized carbons (Fsp3) is 0.158. The third kappa shape index (κ3) is 3.15. The highest BCUT2D eigenvalue weighted by Crippen LogP contribution is 2.37. The summed E-state index contributed by atoms with van der Waals surface area (Å²) in [6, 6.07) is 12.9. The molecule has 0 N–H and O–H groups in total. The van der Waals surface area contributed by atoms with Gasteiger partial charge in [-0.3, -0.25) is 0 Å². The Labute approximate surface area is 154 Å². The zero-order chi connectivity index (χ0) is 17.9. The summed E-state index contributed by atoms with van der Waals surface area (Å²) < 4.78 is 21.8. The number of rotatable bonds is 5. The summed E-state index contributed by atoms with van der Waals surface area (Å²) in [5.41, 5.74) is 2.31. The van der Waals surface area contributed by atoms with E-state index < -0.39 is 0 Å². The van der Waals surface area contributed by atoms with E-state index in [4.69, 9.17) is 24.2 Å². The molecule has 0 aliphatic carbocycles. The number of hydrogen-bond acceptors (Lipinski definition) is 7. The second-order valence-corrected chi connectivity index (χ2v) is 6.34. The first-order chi connectivity index (χ1) is 12.8. The quantitative estimate of drug-likeness (QED) is 0.680. The van der Waals surface area contributed by atoms with Crippen LogP contribution in [0.5, 0.6) is 23.0 Å². The van der Waals surface area contributed by atoms with Crippen LogP contribution >= 0.6 is 11.3 Å². The number of fused-ring (bicyclic) bond motifs is 1. The van der Waals surface area contributed by atoms with Gasteiger partial charge in [-0.25, -0.2) is 4.98 Å². The molecule has 1 aromatic heterocycles. The predicted octanol–water partition coefficient (Wildman–Crippen LogP) is 4.00. The SMILES string of the molecule is COc1cc(C#N)ccc1OCc1csc(-c2ccc3c(c2)OCO3)n1. The molecule has 0 atom stereocenters. The highest BCUT2D eigenvalue weighted by atomic mass is 32.1. The Morgan fingerprint density at radius 1 is 1.15 bits per heavy atom. The number of hydrogen-bond donors (Lipinski definition) is 0. The number of nitrogens with zero attached hydrogens (tertiary/aromatic N) is 2. The van der Waals surface area contributed by atoms with E-state index in [1.165, 1.54) is 11.3 Å². The summed E-state index contributed by atoms with van der Waals surface area (Å²) in [5.74, 6) is 2.58. The Hall–Kier alpha value is -3.24. The molecule has 2 aromatic carbocycles. The second-order valence-electron chi connectivity index (χ2n) is 5.48. The second kappa shape index (κ2) is 6.94. The molecule has 3 aromatic rings. The van der Waals surface area contributed by atoms with Crippen LogP contribution in [0, 0.1) is 11.3 Å². The van der Waals surface area contributed by atoms with Crippen molar-refractivity contribution >= 4 is 11.3 Å². The van der Waals surface area contributed by atoms with E-state index in [-0.39, 0.29) is 6.79 Å². The monoisotopic (exact) mass is 366 g/mol. The molecule has 0 spiro atoms. The summed E-state index contributed by atoms with van der Waals surface area (Å²) in [7, 11) is 1.55. The van der Waals surface area contributed by atoms with Crippen molar-refractivity contribution < 1.29 is 18.9 Å².